The second-order valence-electron chi connectivity index (χ2n) is 2.42. The van der Waals surface area contributed by atoms with E-state index in [1.165, 1.54) is 0 Å². The molecule has 0 N–H and O–H groups in total. The van der Waals surface area contributed by atoms with Crippen LogP contribution in [0.1, 0.15) is 19.3 Å². The van der Waals surface area contributed by atoms with Gasteiger partial charge in [0.2, 0.25) is 6.29 Å². The third kappa shape index (κ3) is 0.721. The average Bonchev–Trinajstić information content (AvgIpc) is 2.09. The van der Waals surface area contributed by atoms with Gasteiger partial charge in [-0.2, -0.15) is 0 Å². The number of hydrogen-bond acceptors (Lipinski definition) is 3. The molecular weight excluding hydrogens is 120 g/mol. The fourth-order valence-electron chi connectivity index (χ4n) is 1.25. The highest BCUT2D eigenvalue weighted by atomic mass is 16.8. The second-order valence-corrected chi connectivity index (χ2v) is 2.42. The van der Waals surface area contributed by atoms with Gasteiger partial charge in [0.05, 0.1) is 0 Å². The lowest BCUT2D eigenvalue weighted by molar-refractivity contribution is -0.143. The first-order valence-corrected chi connectivity index (χ1v) is 3.22. The van der Waals surface area contributed by atoms with Crippen molar-refractivity contribution in [2.24, 2.45) is 0 Å². The molecule has 3 heteroatoms. The van der Waals surface area contributed by atoms with Gasteiger partial charge in [0.15, 0.2) is 6.10 Å². The summed E-state index contributed by atoms with van der Waals surface area (Å²) in [6.45, 7) is 0. The van der Waals surface area contributed by atoms with Crippen LogP contribution in [0.3, 0.4) is 0 Å². The zero-order valence-electron chi connectivity index (χ0n) is 5.00. The molecule has 0 amide bonds. The van der Waals surface area contributed by atoms with Crippen molar-refractivity contribution < 1.29 is 14.3 Å². The number of fused-ring (bicyclic) bond motifs is 2. The molecule has 0 unspecified atom stereocenters. The Hall–Kier alpha value is -0.570. The second kappa shape index (κ2) is 1.70. The van der Waals surface area contributed by atoms with Gasteiger partial charge in [-0.15, -0.1) is 0 Å². The van der Waals surface area contributed by atoms with Crippen molar-refractivity contribution in [1.29, 1.82) is 0 Å². The molecule has 2 fully saturated rings. The lowest BCUT2D eigenvalue weighted by atomic mass is 10.1. The molecular formula is C6H8O3. The summed E-state index contributed by atoms with van der Waals surface area (Å²) in [4.78, 5) is 10.7. The van der Waals surface area contributed by atoms with Gasteiger partial charge < -0.3 is 9.47 Å². The van der Waals surface area contributed by atoms with Crippen molar-refractivity contribution in [3.05, 3.63) is 0 Å². The Balaban J connectivity index is 2.15. The van der Waals surface area contributed by atoms with Crippen molar-refractivity contribution in [3.8, 4) is 0 Å². The summed E-state index contributed by atoms with van der Waals surface area (Å²) < 4.78 is 9.96. The smallest absolute Gasteiger partial charge is 0.337 e. The van der Waals surface area contributed by atoms with E-state index < -0.39 is 0 Å². The molecule has 0 aromatic carbocycles. The molecule has 0 radical (unpaired) electrons. The SMILES string of the molecule is O=C1O[C@H]2CCC[C@H]1O2. The first kappa shape index (κ1) is 5.23. The van der Waals surface area contributed by atoms with E-state index in [2.05, 4.69) is 0 Å². The highest BCUT2D eigenvalue weighted by Crippen LogP contribution is 2.27. The van der Waals surface area contributed by atoms with Crippen LogP contribution in [0.4, 0.5) is 0 Å². The normalized spacial score (nSPS) is 40.7. The number of esters is 1. The molecule has 0 aromatic heterocycles. The summed E-state index contributed by atoms with van der Waals surface area (Å²) in [5, 5.41) is 0. The summed E-state index contributed by atoms with van der Waals surface area (Å²) in [6, 6.07) is 0. The van der Waals surface area contributed by atoms with E-state index in [-0.39, 0.29) is 18.4 Å². The Morgan fingerprint density at radius 2 is 2.33 bits per heavy atom. The molecule has 2 aliphatic rings. The molecule has 3 nitrogen and oxygen atoms in total. The van der Waals surface area contributed by atoms with E-state index in [1.54, 1.807) is 0 Å². The Morgan fingerprint density at radius 1 is 1.44 bits per heavy atom. The standard InChI is InChI=1S/C6H8O3/c7-6-4-2-1-3-5(8-4)9-6/h4-5H,1-3H2/t4-,5+/m1/s1. The van der Waals surface area contributed by atoms with Crippen LogP contribution < -0.4 is 0 Å². The van der Waals surface area contributed by atoms with Crippen LogP contribution in [0.5, 0.6) is 0 Å². The van der Waals surface area contributed by atoms with Gasteiger partial charge in [-0.25, -0.2) is 4.79 Å². The lowest BCUT2D eigenvalue weighted by Crippen LogP contribution is -2.19. The predicted molar refractivity (Wildman–Crippen MR) is 28.6 cm³/mol. The summed E-state index contributed by atoms with van der Waals surface area (Å²) in [5.41, 5.74) is 0. The van der Waals surface area contributed by atoms with Gasteiger partial charge in [0, 0.05) is 6.42 Å². The Morgan fingerprint density at radius 3 is 3.00 bits per heavy atom. The molecule has 2 bridgehead atoms. The molecule has 0 spiro atoms. The number of rotatable bonds is 0. The maximum atomic E-state index is 10.7. The Bertz CT molecular complexity index is 143. The third-order valence-electron chi connectivity index (χ3n) is 1.73. The summed E-state index contributed by atoms with van der Waals surface area (Å²) in [6.07, 6.45) is 2.33. The molecule has 0 aromatic rings. The molecule has 2 heterocycles. The molecule has 9 heavy (non-hydrogen) atoms. The minimum Gasteiger partial charge on any atom is -0.434 e. The summed E-state index contributed by atoms with van der Waals surface area (Å²) in [5.74, 6) is -0.169. The van der Waals surface area contributed by atoms with Crippen LogP contribution in [0, 0.1) is 0 Å². The highest BCUT2D eigenvalue weighted by molar-refractivity contribution is 5.76. The fraction of sp³-hybridized carbons (Fsp3) is 0.833. The van der Waals surface area contributed by atoms with E-state index in [0.29, 0.717) is 0 Å². The van der Waals surface area contributed by atoms with Gasteiger partial charge >= 0.3 is 5.97 Å². The van der Waals surface area contributed by atoms with E-state index in [0.717, 1.165) is 19.3 Å². The third-order valence-corrected chi connectivity index (χ3v) is 1.73. The highest BCUT2D eigenvalue weighted by Gasteiger charge is 2.38. The Kier molecular flexibility index (Phi) is 0.990. The van der Waals surface area contributed by atoms with E-state index in [9.17, 15) is 4.79 Å². The summed E-state index contributed by atoms with van der Waals surface area (Å²) >= 11 is 0. The molecule has 0 saturated carbocycles. The Labute approximate surface area is 52.9 Å². The maximum absolute atomic E-state index is 10.7. The first-order valence-electron chi connectivity index (χ1n) is 3.22. The first-order chi connectivity index (χ1) is 4.36. The average molecular weight is 128 g/mol. The molecule has 2 atom stereocenters. The minimum absolute atomic E-state index is 0.169. The van der Waals surface area contributed by atoms with Crippen molar-refractivity contribution in [3.63, 3.8) is 0 Å². The van der Waals surface area contributed by atoms with Crippen molar-refractivity contribution in [1.82, 2.24) is 0 Å². The lowest BCUT2D eigenvalue weighted by Gasteiger charge is -2.13. The predicted octanol–water partition coefficient (Wildman–Crippen LogP) is 0.438. The van der Waals surface area contributed by atoms with Crippen LogP contribution >= 0.6 is 0 Å². The van der Waals surface area contributed by atoms with Crippen molar-refractivity contribution >= 4 is 5.97 Å². The zero-order chi connectivity index (χ0) is 6.27. The van der Waals surface area contributed by atoms with Crippen LogP contribution in [0.2, 0.25) is 0 Å². The molecule has 2 saturated heterocycles. The number of carbonyl (C=O) groups is 1. The van der Waals surface area contributed by atoms with E-state index >= 15 is 0 Å². The monoisotopic (exact) mass is 128 g/mol. The largest absolute Gasteiger partial charge is 0.434 e. The number of carbonyl (C=O) groups excluding carboxylic acids is 1. The molecule has 50 valence electrons. The van der Waals surface area contributed by atoms with Gasteiger partial charge in [0.1, 0.15) is 0 Å². The van der Waals surface area contributed by atoms with Crippen LogP contribution in [-0.2, 0) is 14.3 Å². The van der Waals surface area contributed by atoms with Crippen LogP contribution in [-0.4, -0.2) is 18.4 Å². The van der Waals surface area contributed by atoms with Gasteiger partial charge in [-0.05, 0) is 12.8 Å². The molecule has 0 aliphatic carbocycles. The van der Waals surface area contributed by atoms with Gasteiger partial charge in [-0.1, -0.05) is 0 Å². The van der Waals surface area contributed by atoms with E-state index in [4.69, 9.17) is 9.47 Å². The topological polar surface area (TPSA) is 35.5 Å². The van der Waals surface area contributed by atoms with Crippen molar-refractivity contribution in [2.45, 2.75) is 31.7 Å². The summed E-state index contributed by atoms with van der Waals surface area (Å²) in [7, 11) is 0. The van der Waals surface area contributed by atoms with E-state index in [1.807, 2.05) is 0 Å². The van der Waals surface area contributed by atoms with Gasteiger partial charge in [0.25, 0.3) is 0 Å². The zero-order valence-corrected chi connectivity index (χ0v) is 5.00. The fourth-order valence-corrected chi connectivity index (χ4v) is 1.25. The van der Waals surface area contributed by atoms with Crippen molar-refractivity contribution in [2.75, 3.05) is 0 Å². The van der Waals surface area contributed by atoms with Gasteiger partial charge in [-0.3, -0.25) is 0 Å². The maximum Gasteiger partial charge on any atom is 0.337 e. The number of hydrogen-bond donors (Lipinski definition) is 0. The van der Waals surface area contributed by atoms with Crippen LogP contribution in [0.15, 0.2) is 0 Å². The quantitative estimate of drug-likeness (QED) is 0.444. The number of ether oxygens (including phenoxy) is 2. The molecule has 2 rings (SSSR count). The van der Waals surface area contributed by atoms with Crippen LogP contribution in [0.25, 0.3) is 0 Å². The molecule has 2 aliphatic heterocycles. The minimum atomic E-state index is -0.233.